The highest BCUT2D eigenvalue weighted by Gasteiger charge is 2.17. The van der Waals surface area contributed by atoms with Crippen LogP contribution in [0, 0.1) is 0 Å². The van der Waals surface area contributed by atoms with Crippen LogP contribution in [0.25, 0.3) is 10.1 Å². The van der Waals surface area contributed by atoms with Gasteiger partial charge in [0.1, 0.15) is 18.2 Å². The fourth-order valence-electron chi connectivity index (χ4n) is 3.29. The van der Waals surface area contributed by atoms with E-state index in [4.69, 9.17) is 27.2 Å². The first-order valence-electron chi connectivity index (χ1n) is 10.3. The maximum atomic E-state index is 12.6. The van der Waals surface area contributed by atoms with Gasteiger partial charge in [-0.25, -0.2) is 4.98 Å². The molecule has 5 N–H and O–H groups in total. The Bertz CT molecular complexity index is 1340. The Morgan fingerprint density at radius 3 is 2.71 bits per heavy atom. The van der Waals surface area contributed by atoms with E-state index in [2.05, 4.69) is 15.6 Å². The molecule has 0 saturated heterocycles. The monoisotopic (exact) mass is 496 g/mol. The smallest absolute Gasteiger partial charge is 0.255 e. The van der Waals surface area contributed by atoms with E-state index in [1.807, 2.05) is 5.38 Å². The summed E-state index contributed by atoms with van der Waals surface area (Å²) in [4.78, 5) is 29.1. The molecule has 2 aromatic carbocycles. The summed E-state index contributed by atoms with van der Waals surface area (Å²) in [6, 6.07) is 13.7. The number of hydrogen-bond donors (Lipinski definition) is 4. The molecule has 2 heterocycles. The fraction of sp³-hybridized carbons (Fsp3) is 0.125. The quantitative estimate of drug-likeness (QED) is 0.291. The summed E-state index contributed by atoms with van der Waals surface area (Å²) in [6.07, 6.45) is 1.42. The lowest BCUT2D eigenvalue weighted by Gasteiger charge is -2.10. The van der Waals surface area contributed by atoms with Gasteiger partial charge < -0.3 is 26.2 Å². The van der Waals surface area contributed by atoms with Crippen molar-refractivity contribution >= 4 is 56.3 Å². The molecule has 34 heavy (non-hydrogen) atoms. The molecule has 4 aromatic rings. The van der Waals surface area contributed by atoms with Gasteiger partial charge in [-0.1, -0.05) is 17.7 Å². The number of carbonyl (C=O) groups is 2. The summed E-state index contributed by atoms with van der Waals surface area (Å²) in [5, 5.41) is 17.5. The second-order valence-corrected chi connectivity index (χ2v) is 8.60. The standard InChI is InChI=1S/C24H21ClN4O4S/c25-16-4-6-17(7-5-16)29-23(31)14-2-1-3-18(10-14)33-12-15-13-34-21-19(24(32)27-8-9-30)11-28-22(26)20(15)21/h1-7,10-11,13,30H,8-9,12H2,(H2,26,28)(H,27,32)(H,29,31). The molecule has 0 fully saturated rings. The average molecular weight is 497 g/mol. The zero-order valence-corrected chi connectivity index (χ0v) is 19.4. The van der Waals surface area contributed by atoms with Crippen LogP contribution in [-0.2, 0) is 6.61 Å². The number of aromatic nitrogens is 1. The van der Waals surface area contributed by atoms with Crippen molar-refractivity contribution in [3.63, 3.8) is 0 Å². The third kappa shape index (κ3) is 5.28. The van der Waals surface area contributed by atoms with Gasteiger partial charge in [0.05, 0.1) is 16.9 Å². The number of aliphatic hydroxyl groups excluding tert-OH is 1. The Hall–Kier alpha value is -3.66. The van der Waals surface area contributed by atoms with Crippen LogP contribution in [0.4, 0.5) is 11.5 Å². The molecular formula is C24H21ClN4O4S. The maximum absolute atomic E-state index is 12.6. The Labute approximate surface area is 204 Å². The lowest BCUT2D eigenvalue weighted by molar-refractivity contribution is 0.0945. The SMILES string of the molecule is Nc1ncc(C(=O)NCCO)c2scc(COc3cccc(C(=O)Nc4ccc(Cl)cc4)c3)c12. The van der Waals surface area contributed by atoms with Gasteiger partial charge in [-0.05, 0) is 47.8 Å². The summed E-state index contributed by atoms with van der Waals surface area (Å²) in [5.74, 6) is 0.192. The van der Waals surface area contributed by atoms with Crippen LogP contribution >= 0.6 is 22.9 Å². The number of benzene rings is 2. The molecule has 0 aliphatic rings. The first-order chi connectivity index (χ1) is 16.5. The molecule has 0 unspecified atom stereocenters. The number of rotatable bonds is 8. The topological polar surface area (TPSA) is 127 Å². The van der Waals surface area contributed by atoms with E-state index in [0.717, 1.165) is 5.56 Å². The first-order valence-corrected chi connectivity index (χ1v) is 11.6. The van der Waals surface area contributed by atoms with Gasteiger partial charge in [0, 0.05) is 40.0 Å². The van der Waals surface area contributed by atoms with Gasteiger partial charge in [0.2, 0.25) is 0 Å². The number of halogens is 1. The van der Waals surface area contributed by atoms with Crippen LogP contribution in [0.15, 0.2) is 60.1 Å². The lowest BCUT2D eigenvalue weighted by atomic mass is 10.1. The minimum Gasteiger partial charge on any atom is -0.489 e. The van der Waals surface area contributed by atoms with Crippen molar-refractivity contribution in [2.24, 2.45) is 0 Å². The Balaban J connectivity index is 1.49. The first kappa shape index (κ1) is 23.5. The number of nitrogens with two attached hydrogens (primary N) is 1. The molecule has 0 atom stereocenters. The molecule has 0 saturated carbocycles. The second kappa shape index (κ2) is 10.5. The van der Waals surface area contributed by atoms with Crippen LogP contribution < -0.4 is 21.1 Å². The van der Waals surface area contributed by atoms with Crippen molar-refractivity contribution in [3.8, 4) is 5.75 Å². The zero-order chi connectivity index (χ0) is 24.1. The Kier molecular flexibility index (Phi) is 7.27. The predicted molar refractivity (Wildman–Crippen MR) is 134 cm³/mol. The van der Waals surface area contributed by atoms with Crippen LogP contribution in [0.2, 0.25) is 5.02 Å². The molecule has 0 bridgehead atoms. The number of pyridine rings is 1. The molecule has 2 amide bonds. The molecule has 8 nitrogen and oxygen atoms in total. The van der Waals surface area contributed by atoms with E-state index in [9.17, 15) is 9.59 Å². The highest BCUT2D eigenvalue weighted by Crippen LogP contribution is 2.33. The molecule has 174 valence electrons. The van der Waals surface area contributed by atoms with Gasteiger partial charge in [-0.3, -0.25) is 9.59 Å². The van der Waals surface area contributed by atoms with Gasteiger partial charge in [0.25, 0.3) is 11.8 Å². The molecule has 0 aliphatic heterocycles. The number of nitrogens with one attached hydrogen (secondary N) is 2. The van der Waals surface area contributed by atoms with Gasteiger partial charge in [-0.15, -0.1) is 11.3 Å². The average Bonchev–Trinajstić information content (AvgIpc) is 3.28. The van der Waals surface area contributed by atoms with E-state index in [1.54, 1.807) is 48.5 Å². The van der Waals surface area contributed by atoms with Crippen molar-refractivity contribution in [3.05, 3.63) is 81.8 Å². The number of thiophene rings is 1. The lowest BCUT2D eigenvalue weighted by Crippen LogP contribution is -2.26. The normalized spacial score (nSPS) is 10.8. The number of anilines is 2. The number of ether oxygens (including phenoxy) is 1. The van der Waals surface area contributed by atoms with Crippen LogP contribution in [0.5, 0.6) is 5.75 Å². The third-order valence-electron chi connectivity index (χ3n) is 4.94. The van der Waals surface area contributed by atoms with Gasteiger partial charge in [0.15, 0.2) is 0 Å². The summed E-state index contributed by atoms with van der Waals surface area (Å²) < 4.78 is 6.62. The minimum atomic E-state index is -0.333. The van der Waals surface area contributed by atoms with Crippen molar-refractivity contribution in [1.29, 1.82) is 0 Å². The van der Waals surface area contributed by atoms with Crippen molar-refractivity contribution in [1.82, 2.24) is 10.3 Å². The summed E-state index contributed by atoms with van der Waals surface area (Å²) in [5.41, 5.74) is 8.32. The number of hydrogen-bond acceptors (Lipinski definition) is 7. The van der Waals surface area contributed by atoms with E-state index < -0.39 is 0 Å². The number of nitrogens with zero attached hydrogens (tertiary/aromatic N) is 1. The van der Waals surface area contributed by atoms with Gasteiger partial charge >= 0.3 is 0 Å². The van der Waals surface area contributed by atoms with Crippen molar-refractivity contribution in [2.75, 3.05) is 24.2 Å². The number of fused-ring (bicyclic) bond motifs is 1. The molecule has 0 spiro atoms. The van der Waals surface area contributed by atoms with Crippen LogP contribution in [0.3, 0.4) is 0 Å². The summed E-state index contributed by atoms with van der Waals surface area (Å²) in [6.45, 7) is 0.168. The van der Waals surface area contributed by atoms with Crippen molar-refractivity contribution < 1.29 is 19.4 Å². The maximum Gasteiger partial charge on any atom is 0.255 e. The van der Waals surface area contributed by atoms with E-state index in [1.165, 1.54) is 17.5 Å². The number of nitrogen functional groups attached to an aromatic ring is 1. The predicted octanol–water partition coefficient (Wildman–Crippen LogP) is 4.09. The van der Waals surface area contributed by atoms with Crippen LogP contribution in [-0.4, -0.2) is 35.1 Å². The van der Waals surface area contributed by atoms with E-state index in [0.29, 0.717) is 43.5 Å². The van der Waals surface area contributed by atoms with Gasteiger partial charge in [-0.2, -0.15) is 0 Å². The number of carbonyl (C=O) groups excluding carboxylic acids is 2. The molecule has 4 rings (SSSR count). The molecule has 0 radical (unpaired) electrons. The van der Waals surface area contributed by atoms with E-state index >= 15 is 0 Å². The minimum absolute atomic E-state index is 0.147. The Morgan fingerprint density at radius 1 is 1.15 bits per heavy atom. The number of aliphatic hydroxyl groups is 1. The molecule has 10 heteroatoms. The fourth-order valence-corrected chi connectivity index (χ4v) is 4.49. The highest BCUT2D eigenvalue weighted by molar-refractivity contribution is 7.17. The molecular weight excluding hydrogens is 476 g/mol. The summed E-state index contributed by atoms with van der Waals surface area (Å²) in [7, 11) is 0. The zero-order valence-electron chi connectivity index (χ0n) is 17.9. The van der Waals surface area contributed by atoms with E-state index in [-0.39, 0.29) is 31.6 Å². The Morgan fingerprint density at radius 2 is 1.94 bits per heavy atom. The van der Waals surface area contributed by atoms with Crippen molar-refractivity contribution in [2.45, 2.75) is 6.61 Å². The molecule has 2 aromatic heterocycles. The third-order valence-corrected chi connectivity index (χ3v) is 6.25. The summed E-state index contributed by atoms with van der Waals surface area (Å²) >= 11 is 7.25. The molecule has 0 aliphatic carbocycles. The number of amides is 2. The largest absolute Gasteiger partial charge is 0.489 e. The second-order valence-electron chi connectivity index (χ2n) is 7.28. The highest BCUT2D eigenvalue weighted by atomic mass is 35.5. The van der Waals surface area contributed by atoms with Crippen LogP contribution in [0.1, 0.15) is 26.3 Å².